The Kier molecular flexibility index (Phi) is 3.44. The Balaban J connectivity index is 2.21. The fourth-order valence-corrected chi connectivity index (χ4v) is 3.36. The number of halogens is 2. The number of rotatable bonds is 2. The molecule has 1 aromatic carbocycles. The van der Waals surface area contributed by atoms with E-state index < -0.39 is 0 Å². The molecule has 0 aliphatic heterocycles. The first-order valence-corrected chi connectivity index (χ1v) is 7.47. The fourth-order valence-electron chi connectivity index (χ4n) is 1.90. The number of benzene rings is 1. The van der Waals surface area contributed by atoms with Crippen LogP contribution in [-0.2, 0) is 6.42 Å². The lowest BCUT2D eigenvalue weighted by Gasteiger charge is -2.04. The maximum absolute atomic E-state index is 6.23. The van der Waals surface area contributed by atoms with Gasteiger partial charge in [0.1, 0.15) is 5.15 Å². The molecule has 0 atom stereocenters. The van der Waals surface area contributed by atoms with E-state index in [0.29, 0.717) is 21.4 Å². The molecule has 0 spiro atoms. The number of fused-ring (bicyclic) bond motifs is 1. The predicted octanol–water partition coefficient (Wildman–Crippen LogP) is 5.23. The Labute approximate surface area is 125 Å². The van der Waals surface area contributed by atoms with Gasteiger partial charge in [0.2, 0.25) is 0 Å². The Hall–Kier alpha value is -1.16. The number of aryl methyl sites for hydroxylation is 1. The third-order valence-corrected chi connectivity index (χ3v) is 4.67. The van der Waals surface area contributed by atoms with E-state index in [1.54, 1.807) is 17.4 Å². The molecule has 2 heterocycles. The third-order valence-electron chi connectivity index (χ3n) is 2.86. The van der Waals surface area contributed by atoms with Gasteiger partial charge in [-0.15, -0.1) is 11.3 Å². The van der Waals surface area contributed by atoms with Crippen molar-refractivity contribution in [3.05, 3.63) is 45.4 Å². The molecule has 3 aromatic rings. The van der Waals surface area contributed by atoms with E-state index in [1.807, 2.05) is 18.2 Å². The van der Waals surface area contributed by atoms with Crippen molar-refractivity contribution in [3.63, 3.8) is 0 Å². The van der Waals surface area contributed by atoms with Crippen LogP contribution in [0.3, 0.4) is 0 Å². The van der Waals surface area contributed by atoms with E-state index in [9.17, 15) is 0 Å². The smallest absolute Gasteiger partial charge is 0.171 e. The Morgan fingerprint density at radius 1 is 1.11 bits per heavy atom. The van der Waals surface area contributed by atoms with Gasteiger partial charge in [0, 0.05) is 4.88 Å². The highest BCUT2D eigenvalue weighted by molar-refractivity contribution is 7.15. The maximum atomic E-state index is 6.23. The summed E-state index contributed by atoms with van der Waals surface area (Å²) < 4.78 is 0. The zero-order valence-corrected chi connectivity index (χ0v) is 12.5. The van der Waals surface area contributed by atoms with Crippen molar-refractivity contribution in [3.8, 4) is 10.7 Å². The Morgan fingerprint density at radius 3 is 2.68 bits per heavy atom. The summed E-state index contributed by atoms with van der Waals surface area (Å²) in [5.74, 6) is 0.657. The van der Waals surface area contributed by atoms with Crippen molar-refractivity contribution in [2.45, 2.75) is 13.3 Å². The lowest BCUT2D eigenvalue weighted by molar-refractivity contribution is 1.19. The topological polar surface area (TPSA) is 25.8 Å². The average molecular weight is 309 g/mol. The predicted molar refractivity (Wildman–Crippen MR) is 82.2 cm³/mol. The van der Waals surface area contributed by atoms with E-state index in [0.717, 1.165) is 16.8 Å². The molecule has 0 aliphatic carbocycles. The minimum Gasteiger partial charge on any atom is -0.227 e. The summed E-state index contributed by atoms with van der Waals surface area (Å²) in [6.45, 7) is 2.13. The first-order chi connectivity index (χ1) is 9.19. The lowest BCUT2D eigenvalue weighted by Crippen LogP contribution is -1.90. The van der Waals surface area contributed by atoms with Crippen molar-refractivity contribution in [2.24, 2.45) is 0 Å². The van der Waals surface area contributed by atoms with Crippen LogP contribution in [-0.4, -0.2) is 9.97 Å². The molecule has 0 saturated carbocycles. The van der Waals surface area contributed by atoms with Crippen molar-refractivity contribution >= 4 is 45.4 Å². The van der Waals surface area contributed by atoms with E-state index in [-0.39, 0.29) is 0 Å². The van der Waals surface area contributed by atoms with Gasteiger partial charge in [-0.25, -0.2) is 9.97 Å². The molecule has 0 fully saturated rings. The molecule has 2 nitrogen and oxygen atoms in total. The highest BCUT2D eigenvalue weighted by atomic mass is 35.5. The molecule has 0 N–H and O–H groups in total. The quantitative estimate of drug-likeness (QED) is 0.606. The average Bonchev–Trinajstić information content (AvgIpc) is 2.87. The van der Waals surface area contributed by atoms with Crippen molar-refractivity contribution < 1.29 is 0 Å². The molecule has 2 aromatic heterocycles. The number of aromatic nitrogens is 2. The van der Waals surface area contributed by atoms with Gasteiger partial charge in [-0.2, -0.15) is 0 Å². The SMILES string of the molecule is CCc1ccc(-c2nc(Cl)c3c(Cl)cccc3n2)s1. The highest BCUT2D eigenvalue weighted by Crippen LogP contribution is 2.32. The lowest BCUT2D eigenvalue weighted by atomic mass is 10.2. The van der Waals surface area contributed by atoms with Crippen LogP contribution in [0.4, 0.5) is 0 Å². The van der Waals surface area contributed by atoms with E-state index in [1.165, 1.54) is 4.88 Å². The molecular formula is C14H10Cl2N2S. The molecule has 96 valence electrons. The molecule has 3 rings (SSSR count). The molecule has 19 heavy (non-hydrogen) atoms. The third kappa shape index (κ3) is 2.34. The van der Waals surface area contributed by atoms with Crippen LogP contribution < -0.4 is 0 Å². The minimum atomic E-state index is 0.400. The second-order valence-electron chi connectivity index (χ2n) is 4.09. The number of hydrogen-bond acceptors (Lipinski definition) is 3. The number of nitrogens with zero attached hydrogens (tertiary/aromatic N) is 2. The van der Waals surface area contributed by atoms with Gasteiger partial charge in [-0.1, -0.05) is 36.2 Å². The molecule has 5 heteroatoms. The van der Waals surface area contributed by atoms with E-state index >= 15 is 0 Å². The van der Waals surface area contributed by atoms with Gasteiger partial charge in [-0.05, 0) is 30.7 Å². The first kappa shape index (κ1) is 12.9. The van der Waals surface area contributed by atoms with Gasteiger partial charge in [0.15, 0.2) is 5.82 Å². The summed E-state index contributed by atoms with van der Waals surface area (Å²) in [5.41, 5.74) is 0.772. The van der Waals surface area contributed by atoms with Crippen molar-refractivity contribution in [2.75, 3.05) is 0 Å². The zero-order valence-electron chi connectivity index (χ0n) is 10.2. The van der Waals surface area contributed by atoms with Crippen LogP contribution in [0.15, 0.2) is 30.3 Å². The molecule has 0 saturated heterocycles. The summed E-state index contributed by atoms with van der Waals surface area (Å²) in [6.07, 6.45) is 1.01. The molecular weight excluding hydrogens is 299 g/mol. The zero-order chi connectivity index (χ0) is 13.4. The maximum Gasteiger partial charge on any atom is 0.171 e. The first-order valence-electron chi connectivity index (χ1n) is 5.90. The molecule has 0 bridgehead atoms. The highest BCUT2D eigenvalue weighted by Gasteiger charge is 2.11. The van der Waals surface area contributed by atoms with Gasteiger partial charge in [-0.3, -0.25) is 0 Å². The normalized spacial score (nSPS) is 11.1. The summed E-state index contributed by atoms with van der Waals surface area (Å²) in [6, 6.07) is 9.68. The van der Waals surface area contributed by atoms with E-state index in [4.69, 9.17) is 23.2 Å². The van der Waals surface area contributed by atoms with Crippen LogP contribution in [0, 0.1) is 0 Å². The second kappa shape index (κ2) is 5.08. The fraction of sp³-hybridized carbons (Fsp3) is 0.143. The van der Waals surface area contributed by atoms with Gasteiger partial charge < -0.3 is 0 Å². The van der Waals surface area contributed by atoms with Gasteiger partial charge >= 0.3 is 0 Å². The molecule has 0 aliphatic rings. The van der Waals surface area contributed by atoms with Crippen LogP contribution >= 0.6 is 34.5 Å². The van der Waals surface area contributed by atoms with Crippen LogP contribution in [0.1, 0.15) is 11.8 Å². The van der Waals surface area contributed by atoms with Gasteiger partial charge in [0.25, 0.3) is 0 Å². The summed E-state index contributed by atoms with van der Waals surface area (Å²) in [7, 11) is 0. The molecule has 0 unspecified atom stereocenters. The van der Waals surface area contributed by atoms with Crippen molar-refractivity contribution in [1.82, 2.24) is 9.97 Å². The summed E-state index contributed by atoms with van der Waals surface area (Å²) >= 11 is 14.0. The van der Waals surface area contributed by atoms with Crippen LogP contribution in [0.2, 0.25) is 10.2 Å². The van der Waals surface area contributed by atoms with E-state index in [2.05, 4.69) is 23.0 Å². The molecule has 0 radical (unpaired) electrons. The van der Waals surface area contributed by atoms with Crippen LogP contribution in [0.5, 0.6) is 0 Å². The summed E-state index contributed by atoms with van der Waals surface area (Å²) in [5, 5.41) is 1.69. The largest absolute Gasteiger partial charge is 0.227 e. The summed E-state index contributed by atoms with van der Waals surface area (Å²) in [4.78, 5) is 11.2. The van der Waals surface area contributed by atoms with Crippen molar-refractivity contribution in [1.29, 1.82) is 0 Å². The van der Waals surface area contributed by atoms with Crippen LogP contribution in [0.25, 0.3) is 21.6 Å². The van der Waals surface area contributed by atoms with Gasteiger partial charge in [0.05, 0.1) is 20.8 Å². The minimum absolute atomic E-state index is 0.400. The number of hydrogen-bond donors (Lipinski definition) is 0. The Bertz CT molecular complexity index is 752. The second-order valence-corrected chi connectivity index (χ2v) is 6.03. The molecule has 0 amide bonds. The Morgan fingerprint density at radius 2 is 1.95 bits per heavy atom. The standard InChI is InChI=1S/C14H10Cl2N2S/c1-2-8-6-7-11(19-8)14-17-10-5-3-4-9(15)12(10)13(16)18-14/h3-7H,2H2,1H3. The monoisotopic (exact) mass is 308 g/mol. The number of thiophene rings is 1.